The second-order valence-corrected chi connectivity index (χ2v) is 5.03. The molecule has 1 unspecified atom stereocenters. The molecule has 2 aromatic rings. The average molecular weight is 218 g/mol. The maximum absolute atomic E-state index is 3.55. The van der Waals surface area contributed by atoms with Gasteiger partial charge in [0, 0.05) is 17.3 Å². The minimum Gasteiger partial charge on any atom is -0.318 e. The van der Waals surface area contributed by atoms with Crippen LogP contribution < -0.4 is 5.43 Å². The maximum Gasteiger partial charge on any atom is 0.0793 e. The van der Waals surface area contributed by atoms with Crippen LogP contribution in [0, 0.1) is 5.92 Å². The molecule has 0 bridgehead atoms. The molecule has 1 atom stereocenters. The Hall–Kier alpha value is -1.22. The molecular weight excluding hydrogens is 204 g/mol. The van der Waals surface area contributed by atoms with Crippen LogP contribution in [0.2, 0.25) is 0 Å². The van der Waals surface area contributed by atoms with Crippen molar-refractivity contribution >= 4 is 11.3 Å². The highest BCUT2D eigenvalue weighted by atomic mass is 32.1. The number of rotatable bonds is 4. The Morgan fingerprint density at radius 3 is 2.67 bits per heavy atom. The normalized spacial score (nSPS) is 17.6. The van der Waals surface area contributed by atoms with Crippen LogP contribution in [0.4, 0.5) is 0 Å². The van der Waals surface area contributed by atoms with Gasteiger partial charge in [0.1, 0.15) is 0 Å². The minimum atomic E-state index is 0.498. The Kier molecular flexibility index (Phi) is 2.25. The Bertz CT molecular complexity index is 401. The van der Waals surface area contributed by atoms with E-state index in [4.69, 9.17) is 0 Å². The lowest BCUT2D eigenvalue weighted by molar-refractivity contribution is 0.613. The van der Waals surface area contributed by atoms with Crippen molar-refractivity contribution in [2.75, 3.05) is 5.43 Å². The Labute approximate surface area is 93.5 Å². The molecule has 0 saturated heterocycles. The number of nitrogens with one attached hydrogen (secondary N) is 1. The van der Waals surface area contributed by atoms with Gasteiger partial charge in [-0.1, -0.05) is 6.07 Å². The molecule has 1 N–H and O–H groups in total. The first-order valence-corrected chi connectivity index (χ1v) is 6.24. The lowest BCUT2D eigenvalue weighted by Gasteiger charge is -2.18. The van der Waals surface area contributed by atoms with Crippen molar-refractivity contribution in [2.45, 2.75) is 18.9 Å². The van der Waals surface area contributed by atoms with E-state index in [1.54, 1.807) is 0 Å². The summed E-state index contributed by atoms with van der Waals surface area (Å²) in [5.41, 5.74) is 3.55. The van der Waals surface area contributed by atoms with E-state index >= 15 is 0 Å². The van der Waals surface area contributed by atoms with Crippen molar-refractivity contribution in [1.29, 1.82) is 0 Å². The summed E-state index contributed by atoms with van der Waals surface area (Å²) in [5.74, 6) is 0.825. The fraction of sp³-hybridized carbons (Fsp3) is 0.333. The first-order chi connectivity index (χ1) is 7.43. The van der Waals surface area contributed by atoms with Gasteiger partial charge in [-0.15, -0.1) is 11.3 Å². The number of hydrogen-bond acceptors (Lipinski definition) is 2. The van der Waals surface area contributed by atoms with E-state index in [1.807, 2.05) is 23.5 Å². The number of aromatic nitrogens is 1. The monoisotopic (exact) mass is 218 g/mol. The standard InChI is InChI=1S/C12H14N2S/c1-2-8-14(7-1)13-12(10-5-6-10)11-4-3-9-15-11/h1-4,7-10,12-13H,5-6H2. The molecule has 3 rings (SSSR count). The molecule has 0 aromatic carbocycles. The zero-order chi connectivity index (χ0) is 10.1. The summed E-state index contributed by atoms with van der Waals surface area (Å²) < 4.78 is 2.06. The van der Waals surface area contributed by atoms with Crippen LogP contribution in [0.3, 0.4) is 0 Å². The van der Waals surface area contributed by atoms with Crippen molar-refractivity contribution in [3.05, 3.63) is 46.9 Å². The van der Waals surface area contributed by atoms with Gasteiger partial charge in [-0.05, 0) is 42.3 Å². The maximum atomic E-state index is 3.55. The van der Waals surface area contributed by atoms with Gasteiger partial charge in [0.15, 0.2) is 0 Å². The average Bonchev–Trinajstić information content (AvgIpc) is 2.78. The third-order valence-electron chi connectivity index (χ3n) is 2.84. The summed E-state index contributed by atoms with van der Waals surface area (Å²) in [6.45, 7) is 0. The summed E-state index contributed by atoms with van der Waals surface area (Å²) in [4.78, 5) is 1.45. The Balaban J connectivity index is 1.80. The van der Waals surface area contributed by atoms with Crippen LogP contribution in [0.15, 0.2) is 42.0 Å². The van der Waals surface area contributed by atoms with Crippen LogP contribution in [-0.2, 0) is 0 Å². The molecule has 1 aliphatic rings. The number of thiophene rings is 1. The molecule has 0 aliphatic heterocycles. The molecule has 78 valence electrons. The summed E-state index contributed by atoms with van der Waals surface area (Å²) in [6, 6.07) is 8.95. The summed E-state index contributed by atoms with van der Waals surface area (Å²) in [7, 11) is 0. The van der Waals surface area contributed by atoms with Crippen LogP contribution in [0.25, 0.3) is 0 Å². The summed E-state index contributed by atoms with van der Waals surface area (Å²) in [5, 5.41) is 2.15. The van der Waals surface area contributed by atoms with Crippen molar-refractivity contribution in [2.24, 2.45) is 5.92 Å². The molecule has 1 aliphatic carbocycles. The molecule has 0 radical (unpaired) electrons. The third-order valence-corrected chi connectivity index (χ3v) is 3.79. The topological polar surface area (TPSA) is 17.0 Å². The molecule has 1 fully saturated rings. The van der Waals surface area contributed by atoms with Crippen LogP contribution in [0.5, 0.6) is 0 Å². The largest absolute Gasteiger partial charge is 0.318 e. The molecule has 0 amide bonds. The van der Waals surface area contributed by atoms with E-state index in [2.05, 4.69) is 40.0 Å². The molecule has 1 saturated carbocycles. The van der Waals surface area contributed by atoms with Crippen molar-refractivity contribution in [3.8, 4) is 0 Å². The summed E-state index contributed by atoms with van der Waals surface area (Å²) >= 11 is 1.85. The lowest BCUT2D eigenvalue weighted by atomic mass is 10.1. The van der Waals surface area contributed by atoms with Gasteiger partial charge in [-0.25, -0.2) is 0 Å². The Morgan fingerprint density at radius 1 is 1.27 bits per heavy atom. The van der Waals surface area contributed by atoms with E-state index in [0.29, 0.717) is 6.04 Å². The van der Waals surface area contributed by atoms with Crippen LogP contribution >= 0.6 is 11.3 Å². The van der Waals surface area contributed by atoms with Crippen molar-refractivity contribution < 1.29 is 0 Å². The molecule has 0 spiro atoms. The highest BCUT2D eigenvalue weighted by Crippen LogP contribution is 2.42. The quantitative estimate of drug-likeness (QED) is 0.833. The molecule has 3 heteroatoms. The van der Waals surface area contributed by atoms with Gasteiger partial charge in [0.25, 0.3) is 0 Å². The van der Waals surface area contributed by atoms with Crippen molar-refractivity contribution in [1.82, 2.24) is 4.68 Å². The predicted molar refractivity (Wildman–Crippen MR) is 63.6 cm³/mol. The molecular formula is C12H14N2S. The van der Waals surface area contributed by atoms with E-state index in [0.717, 1.165) is 5.92 Å². The van der Waals surface area contributed by atoms with Gasteiger partial charge in [-0.3, -0.25) is 4.68 Å². The van der Waals surface area contributed by atoms with Gasteiger partial charge in [-0.2, -0.15) is 0 Å². The van der Waals surface area contributed by atoms with E-state index < -0.39 is 0 Å². The SMILES string of the molecule is c1csc(C(Nn2cccc2)C2CC2)c1. The van der Waals surface area contributed by atoms with E-state index in [9.17, 15) is 0 Å². The highest BCUT2D eigenvalue weighted by Gasteiger charge is 2.33. The second kappa shape index (κ2) is 3.74. The zero-order valence-corrected chi connectivity index (χ0v) is 9.28. The predicted octanol–water partition coefficient (Wildman–Crippen LogP) is 3.24. The van der Waals surface area contributed by atoms with Gasteiger partial charge < -0.3 is 5.43 Å². The molecule has 2 heterocycles. The van der Waals surface area contributed by atoms with Crippen LogP contribution in [-0.4, -0.2) is 4.68 Å². The lowest BCUT2D eigenvalue weighted by Crippen LogP contribution is -2.20. The zero-order valence-electron chi connectivity index (χ0n) is 8.47. The molecule has 2 nitrogen and oxygen atoms in total. The van der Waals surface area contributed by atoms with Gasteiger partial charge in [0.05, 0.1) is 6.04 Å². The molecule has 15 heavy (non-hydrogen) atoms. The number of hydrogen-bond donors (Lipinski definition) is 1. The first kappa shape index (κ1) is 9.04. The van der Waals surface area contributed by atoms with Crippen LogP contribution in [0.1, 0.15) is 23.8 Å². The van der Waals surface area contributed by atoms with Gasteiger partial charge >= 0.3 is 0 Å². The Morgan fingerprint density at radius 2 is 2.07 bits per heavy atom. The number of nitrogens with zero attached hydrogens (tertiary/aromatic N) is 1. The third kappa shape index (κ3) is 1.92. The smallest absolute Gasteiger partial charge is 0.0793 e. The fourth-order valence-corrected chi connectivity index (χ4v) is 2.74. The van der Waals surface area contributed by atoms with Crippen molar-refractivity contribution in [3.63, 3.8) is 0 Å². The van der Waals surface area contributed by atoms with E-state index in [-0.39, 0.29) is 0 Å². The molecule has 2 aromatic heterocycles. The summed E-state index contributed by atoms with van der Waals surface area (Å²) in [6.07, 6.45) is 6.83. The van der Waals surface area contributed by atoms with Gasteiger partial charge in [0.2, 0.25) is 0 Å². The first-order valence-electron chi connectivity index (χ1n) is 5.36. The highest BCUT2D eigenvalue weighted by molar-refractivity contribution is 7.10. The second-order valence-electron chi connectivity index (χ2n) is 4.05. The fourth-order valence-electron chi connectivity index (χ4n) is 1.88. The minimum absolute atomic E-state index is 0.498. The van der Waals surface area contributed by atoms with E-state index in [1.165, 1.54) is 17.7 Å².